The van der Waals surface area contributed by atoms with Crippen LogP contribution in [0.1, 0.15) is 11.1 Å². The maximum atomic E-state index is 12.3. The van der Waals surface area contributed by atoms with Gasteiger partial charge in [0.25, 0.3) is 0 Å². The third-order valence-electron chi connectivity index (χ3n) is 3.70. The highest BCUT2D eigenvalue weighted by molar-refractivity contribution is 6.31. The van der Waals surface area contributed by atoms with Crippen molar-refractivity contribution >= 4 is 34.1 Å². The Morgan fingerprint density at radius 2 is 2.09 bits per heavy atom. The zero-order chi connectivity index (χ0) is 16.4. The highest BCUT2D eigenvalue weighted by Gasteiger charge is 2.11. The number of nitriles is 1. The molecule has 0 aliphatic rings. The van der Waals surface area contributed by atoms with Crippen LogP contribution in [0.3, 0.4) is 0 Å². The van der Waals surface area contributed by atoms with E-state index in [0.717, 1.165) is 16.5 Å². The van der Waals surface area contributed by atoms with Crippen LogP contribution in [-0.2, 0) is 11.3 Å². The molecule has 3 rings (SSSR count). The van der Waals surface area contributed by atoms with Gasteiger partial charge in [0.2, 0.25) is 5.91 Å². The van der Waals surface area contributed by atoms with Crippen LogP contribution in [0.15, 0.2) is 48.7 Å². The first-order chi connectivity index (χ1) is 11.1. The lowest BCUT2D eigenvalue weighted by atomic mass is 10.2. The monoisotopic (exact) mass is 323 g/mol. The fourth-order valence-corrected chi connectivity index (χ4v) is 2.71. The summed E-state index contributed by atoms with van der Waals surface area (Å²) in [6.45, 7) is 2.04. The Balaban J connectivity index is 1.86. The Hall–Kier alpha value is -2.77. The Morgan fingerprint density at radius 1 is 1.30 bits per heavy atom. The van der Waals surface area contributed by atoms with E-state index >= 15 is 0 Å². The van der Waals surface area contributed by atoms with Gasteiger partial charge in [0.05, 0.1) is 5.56 Å². The summed E-state index contributed by atoms with van der Waals surface area (Å²) in [5, 5.41) is 13.5. The van der Waals surface area contributed by atoms with E-state index in [0.29, 0.717) is 16.3 Å². The van der Waals surface area contributed by atoms with Crippen LogP contribution < -0.4 is 5.32 Å². The summed E-state index contributed by atoms with van der Waals surface area (Å²) in [6, 6.07) is 15.1. The molecule has 0 aliphatic carbocycles. The summed E-state index contributed by atoms with van der Waals surface area (Å²) in [5.41, 5.74) is 3.06. The lowest BCUT2D eigenvalue weighted by molar-refractivity contribution is -0.116. The number of aromatic nitrogens is 1. The molecule has 0 radical (unpaired) electrons. The molecule has 1 amide bonds. The fourth-order valence-electron chi connectivity index (χ4n) is 2.54. The van der Waals surface area contributed by atoms with Gasteiger partial charge in [-0.3, -0.25) is 4.79 Å². The van der Waals surface area contributed by atoms with E-state index in [1.165, 1.54) is 0 Å². The molecule has 0 aliphatic heterocycles. The number of rotatable bonds is 3. The van der Waals surface area contributed by atoms with Crippen LogP contribution in [0, 0.1) is 18.3 Å². The molecule has 2 aromatic carbocycles. The molecule has 114 valence electrons. The van der Waals surface area contributed by atoms with Crippen LogP contribution in [0.5, 0.6) is 0 Å². The van der Waals surface area contributed by atoms with Crippen molar-refractivity contribution in [2.45, 2.75) is 13.5 Å². The second-order valence-corrected chi connectivity index (χ2v) is 5.74. The van der Waals surface area contributed by atoms with Crippen molar-refractivity contribution in [2.75, 3.05) is 5.32 Å². The average molecular weight is 324 g/mol. The minimum absolute atomic E-state index is 0.133. The van der Waals surface area contributed by atoms with Crippen molar-refractivity contribution in [1.82, 2.24) is 4.57 Å². The molecule has 0 saturated carbocycles. The second-order valence-electron chi connectivity index (χ2n) is 5.31. The second kappa shape index (κ2) is 6.15. The molecule has 0 atom stereocenters. The Kier molecular flexibility index (Phi) is 4.05. The van der Waals surface area contributed by atoms with Crippen molar-refractivity contribution in [2.24, 2.45) is 0 Å². The zero-order valence-electron chi connectivity index (χ0n) is 12.5. The molecule has 0 fully saturated rings. The number of anilines is 1. The van der Waals surface area contributed by atoms with Crippen molar-refractivity contribution < 1.29 is 4.79 Å². The SMILES string of the molecule is Cc1ccc(Cl)cc1NC(=O)Cn1cc(C#N)c2ccccc21. The van der Waals surface area contributed by atoms with Crippen molar-refractivity contribution in [3.05, 3.63) is 64.8 Å². The number of nitrogens with zero attached hydrogens (tertiary/aromatic N) is 2. The first kappa shape index (κ1) is 15.1. The fraction of sp³-hybridized carbons (Fsp3) is 0.111. The van der Waals surface area contributed by atoms with Gasteiger partial charge in [0, 0.05) is 27.8 Å². The molecule has 1 aromatic heterocycles. The highest BCUT2D eigenvalue weighted by atomic mass is 35.5. The third kappa shape index (κ3) is 3.05. The number of carbonyl (C=O) groups excluding carboxylic acids is 1. The molecule has 1 N–H and O–H groups in total. The minimum Gasteiger partial charge on any atom is -0.337 e. The minimum atomic E-state index is -0.166. The van der Waals surface area contributed by atoms with Crippen LogP contribution >= 0.6 is 11.6 Å². The van der Waals surface area contributed by atoms with Gasteiger partial charge in [-0.1, -0.05) is 35.9 Å². The number of fused-ring (bicyclic) bond motifs is 1. The molecule has 0 spiro atoms. The Bertz CT molecular complexity index is 937. The predicted molar refractivity (Wildman–Crippen MR) is 91.5 cm³/mol. The maximum Gasteiger partial charge on any atom is 0.244 e. The van der Waals surface area contributed by atoms with Gasteiger partial charge in [-0.25, -0.2) is 0 Å². The van der Waals surface area contributed by atoms with Crippen molar-refractivity contribution in [3.63, 3.8) is 0 Å². The molecule has 3 aromatic rings. The number of para-hydroxylation sites is 1. The number of aryl methyl sites for hydroxylation is 1. The summed E-state index contributed by atoms with van der Waals surface area (Å²) >= 11 is 5.97. The van der Waals surface area contributed by atoms with Crippen LogP contribution in [0.25, 0.3) is 10.9 Å². The number of nitrogens with one attached hydrogen (secondary N) is 1. The first-order valence-electron chi connectivity index (χ1n) is 7.12. The smallest absolute Gasteiger partial charge is 0.244 e. The standard InChI is InChI=1S/C18H14ClN3O/c1-12-6-7-14(19)8-16(12)21-18(23)11-22-10-13(9-20)15-4-2-3-5-17(15)22/h2-8,10H,11H2,1H3,(H,21,23). The van der Waals surface area contributed by atoms with E-state index in [-0.39, 0.29) is 12.5 Å². The third-order valence-corrected chi connectivity index (χ3v) is 3.93. The van der Waals surface area contributed by atoms with E-state index in [4.69, 9.17) is 11.6 Å². The van der Waals surface area contributed by atoms with E-state index in [1.807, 2.05) is 37.3 Å². The summed E-state index contributed by atoms with van der Waals surface area (Å²) in [5.74, 6) is -0.166. The topological polar surface area (TPSA) is 57.8 Å². The largest absolute Gasteiger partial charge is 0.337 e. The number of hydrogen-bond donors (Lipinski definition) is 1. The van der Waals surface area contributed by atoms with Gasteiger partial charge in [0.1, 0.15) is 12.6 Å². The molecule has 0 saturated heterocycles. The summed E-state index contributed by atoms with van der Waals surface area (Å²) in [7, 11) is 0. The van der Waals surface area contributed by atoms with E-state index < -0.39 is 0 Å². The molecular weight excluding hydrogens is 310 g/mol. The summed E-state index contributed by atoms with van der Waals surface area (Å²) < 4.78 is 1.78. The molecule has 0 unspecified atom stereocenters. The van der Waals surface area contributed by atoms with Gasteiger partial charge in [-0.2, -0.15) is 5.26 Å². The number of carbonyl (C=O) groups is 1. The van der Waals surface area contributed by atoms with E-state index in [1.54, 1.807) is 22.9 Å². The molecular formula is C18H14ClN3O. The van der Waals surface area contributed by atoms with Crippen LogP contribution in [-0.4, -0.2) is 10.5 Å². The van der Waals surface area contributed by atoms with Gasteiger partial charge >= 0.3 is 0 Å². The molecule has 1 heterocycles. The quantitative estimate of drug-likeness (QED) is 0.788. The van der Waals surface area contributed by atoms with Gasteiger partial charge < -0.3 is 9.88 Å². The number of benzene rings is 2. The van der Waals surface area contributed by atoms with E-state index in [2.05, 4.69) is 11.4 Å². The highest BCUT2D eigenvalue weighted by Crippen LogP contribution is 2.22. The Morgan fingerprint density at radius 3 is 2.87 bits per heavy atom. The number of hydrogen-bond acceptors (Lipinski definition) is 2. The van der Waals surface area contributed by atoms with Crippen LogP contribution in [0.4, 0.5) is 5.69 Å². The summed E-state index contributed by atoms with van der Waals surface area (Å²) in [6.07, 6.45) is 1.70. The van der Waals surface area contributed by atoms with Crippen molar-refractivity contribution in [1.29, 1.82) is 5.26 Å². The first-order valence-corrected chi connectivity index (χ1v) is 7.50. The number of halogens is 1. The van der Waals surface area contributed by atoms with Gasteiger partial charge in [-0.15, -0.1) is 0 Å². The average Bonchev–Trinajstić information content (AvgIpc) is 2.89. The van der Waals surface area contributed by atoms with E-state index in [9.17, 15) is 10.1 Å². The lowest BCUT2D eigenvalue weighted by Crippen LogP contribution is -2.18. The lowest BCUT2D eigenvalue weighted by Gasteiger charge is -2.10. The molecule has 5 heteroatoms. The van der Waals surface area contributed by atoms with Gasteiger partial charge in [-0.05, 0) is 30.7 Å². The molecule has 23 heavy (non-hydrogen) atoms. The summed E-state index contributed by atoms with van der Waals surface area (Å²) in [4.78, 5) is 12.3. The Labute approximate surface area is 138 Å². The van der Waals surface area contributed by atoms with Gasteiger partial charge in [0.15, 0.2) is 0 Å². The molecule has 0 bridgehead atoms. The molecule has 4 nitrogen and oxygen atoms in total. The van der Waals surface area contributed by atoms with Crippen molar-refractivity contribution in [3.8, 4) is 6.07 Å². The predicted octanol–water partition coefficient (Wildman–Crippen LogP) is 4.11. The van der Waals surface area contributed by atoms with Crippen LogP contribution in [0.2, 0.25) is 5.02 Å². The maximum absolute atomic E-state index is 12.3. The number of amides is 1. The zero-order valence-corrected chi connectivity index (χ0v) is 13.3. The normalized spacial score (nSPS) is 10.5.